The maximum atomic E-state index is 5.45. The van der Waals surface area contributed by atoms with E-state index < -0.39 is 0 Å². The van der Waals surface area contributed by atoms with Gasteiger partial charge in [0, 0.05) is 49.2 Å². The number of hydrogen-bond acceptors (Lipinski definition) is 3. The van der Waals surface area contributed by atoms with Crippen LogP contribution in [0.3, 0.4) is 0 Å². The fourth-order valence-electron chi connectivity index (χ4n) is 3.66. The number of likely N-dealkylation sites (N-methyl/N-ethyl adjacent to an activating group) is 1. The van der Waals surface area contributed by atoms with Crippen LogP contribution >= 0.6 is 0 Å². The summed E-state index contributed by atoms with van der Waals surface area (Å²) < 4.78 is 7.82. The van der Waals surface area contributed by atoms with Crippen LogP contribution < -0.4 is 4.74 Å². The van der Waals surface area contributed by atoms with Gasteiger partial charge in [-0.3, -0.25) is 4.98 Å². The maximum Gasteiger partial charge on any atom is 0.119 e. The molecule has 0 radical (unpaired) electrons. The summed E-state index contributed by atoms with van der Waals surface area (Å²) in [5, 5.41) is 1.29. The first kappa shape index (κ1) is 15.9. The SMILES string of the molecule is COc1ccc2c(c1)c1c(n2/C=C(/C)c2ccncc2)CCN(C)C1. The van der Waals surface area contributed by atoms with Crippen molar-refractivity contribution in [3.05, 3.63) is 59.5 Å². The second kappa shape index (κ2) is 6.37. The van der Waals surface area contributed by atoms with E-state index in [9.17, 15) is 0 Å². The second-order valence-electron chi connectivity index (χ2n) is 6.71. The van der Waals surface area contributed by atoms with E-state index in [-0.39, 0.29) is 0 Å². The monoisotopic (exact) mass is 333 g/mol. The Kier molecular flexibility index (Phi) is 4.06. The van der Waals surface area contributed by atoms with Crippen LogP contribution in [0.2, 0.25) is 0 Å². The van der Waals surface area contributed by atoms with E-state index in [0.29, 0.717) is 0 Å². The number of rotatable bonds is 3. The number of ether oxygens (including phenoxy) is 1. The largest absolute Gasteiger partial charge is 0.497 e. The van der Waals surface area contributed by atoms with Crippen molar-refractivity contribution in [2.45, 2.75) is 19.9 Å². The molecule has 4 rings (SSSR count). The Bertz CT molecular complexity index is 941. The number of benzene rings is 1. The quantitative estimate of drug-likeness (QED) is 0.724. The third kappa shape index (κ3) is 2.83. The number of allylic oxidation sites excluding steroid dienone is 1. The zero-order valence-electron chi connectivity index (χ0n) is 15.0. The molecule has 0 bridgehead atoms. The average molecular weight is 333 g/mol. The van der Waals surface area contributed by atoms with E-state index in [1.807, 2.05) is 18.5 Å². The lowest BCUT2D eigenvalue weighted by atomic mass is 10.0. The summed E-state index contributed by atoms with van der Waals surface area (Å²) in [6, 6.07) is 10.5. The van der Waals surface area contributed by atoms with Crippen LogP contribution in [-0.4, -0.2) is 35.2 Å². The molecule has 0 amide bonds. The summed E-state index contributed by atoms with van der Waals surface area (Å²) in [6.07, 6.45) is 7.00. The van der Waals surface area contributed by atoms with Gasteiger partial charge < -0.3 is 14.2 Å². The molecule has 2 aromatic heterocycles. The average Bonchev–Trinajstić information content (AvgIpc) is 2.95. The molecule has 0 aliphatic carbocycles. The fourth-order valence-corrected chi connectivity index (χ4v) is 3.66. The van der Waals surface area contributed by atoms with Gasteiger partial charge in [0.2, 0.25) is 0 Å². The van der Waals surface area contributed by atoms with Crippen LogP contribution in [0.5, 0.6) is 5.75 Å². The van der Waals surface area contributed by atoms with Crippen LogP contribution in [0.25, 0.3) is 22.7 Å². The first-order chi connectivity index (χ1) is 12.2. The molecule has 0 unspecified atom stereocenters. The Balaban J connectivity index is 1.91. The smallest absolute Gasteiger partial charge is 0.119 e. The van der Waals surface area contributed by atoms with Gasteiger partial charge in [-0.05, 0) is 61.0 Å². The molecule has 0 spiro atoms. The van der Waals surface area contributed by atoms with Gasteiger partial charge in [0.1, 0.15) is 5.75 Å². The number of aromatic nitrogens is 2. The van der Waals surface area contributed by atoms with Gasteiger partial charge in [0.15, 0.2) is 0 Å². The molecule has 0 atom stereocenters. The number of hydrogen-bond donors (Lipinski definition) is 0. The van der Waals surface area contributed by atoms with Gasteiger partial charge >= 0.3 is 0 Å². The first-order valence-corrected chi connectivity index (χ1v) is 8.64. The van der Waals surface area contributed by atoms with E-state index in [4.69, 9.17) is 4.74 Å². The molecule has 0 saturated heterocycles. The molecule has 3 heterocycles. The van der Waals surface area contributed by atoms with Crippen molar-refractivity contribution in [1.29, 1.82) is 0 Å². The van der Waals surface area contributed by atoms with E-state index in [2.05, 4.69) is 58.9 Å². The Morgan fingerprint density at radius 1 is 1.20 bits per heavy atom. The summed E-state index contributed by atoms with van der Waals surface area (Å²) in [5.41, 5.74) is 6.51. The van der Waals surface area contributed by atoms with Crippen molar-refractivity contribution in [2.24, 2.45) is 0 Å². The lowest BCUT2D eigenvalue weighted by Crippen LogP contribution is -2.26. The molecule has 25 heavy (non-hydrogen) atoms. The molecule has 0 saturated carbocycles. The van der Waals surface area contributed by atoms with Gasteiger partial charge in [-0.2, -0.15) is 0 Å². The van der Waals surface area contributed by atoms with Crippen LogP contribution in [0.4, 0.5) is 0 Å². The lowest BCUT2D eigenvalue weighted by Gasteiger charge is -2.23. The van der Waals surface area contributed by atoms with E-state index in [1.54, 1.807) is 7.11 Å². The molecule has 3 aromatic rings. The van der Waals surface area contributed by atoms with Crippen LogP contribution in [0, 0.1) is 0 Å². The molecule has 128 valence electrons. The second-order valence-corrected chi connectivity index (χ2v) is 6.71. The lowest BCUT2D eigenvalue weighted by molar-refractivity contribution is 0.312. The molecule has 4 nitrogen and oxygen atoms in total. The topological polar surface area (TPSA) is 30.3 Å². The predicted molar refractivity (Wildman–Crippen MR) is 103 cm³/mol. The zero-order valence-corrected chi connectivity index (χ0v) is 15.0. The Morgan fingerprint density at radius 2 is 2.00 bits per heavy atom. The van der Waals surface area contributed by atoms with E-state index >= 15 is 0 Å². The van der Waals surface area contributed by atoms with Gasteiger partial charge in [0.05, 0.1) is 12.6 Å². The van der Waals surface area contributed by atoms with Crippen LogP contribution in [0.1, 0.15) is 23.7 Å². The van der Waals surface area contributed by atoms with E-state index in [0.717, 1.165) is 25.3 Å². The summed E-state index contributed by atoms with van der Waals surface area (Å²) >= 11 is 0. The van der Waals surface area contributed by atoms with Crippen molar-refractivity contribution in [2.75, 3.05) is 20.7 Å². The van der Waals surface area contributed by atoms with Gasteiger partial charge in [-0.25, -0.2) is 0 Å². The van der Waals surface area contributed by atoms with E-state index in [1.165, 1.54) is 33.3 Å². The molecular weight excluding hydrogens is 310 g/mol. The van der Waals surface area contributed by atoms with Crippen molar-refractivity contribution in [3.63, 3.8) is 0 Å². The van der Waals surface area contributed by atoms with Crippen molar-refractivity contribution < 1.29 is 4.74 Å². The standard InChI is InChI=1S/C21H23N3O/c1-15(16-6-9-22-10-7-16)13-24-20-5-4-17(25-3)12-18(20)19-14-23(2)11-8-21(19)24/h4-7,9-10,12-13H,8,11,14H2,1-3H3/b15-13-. The fraction of sp³-hybridized carbons (Fsp3) is 0.286. The molecule has 1 aliphatic heterocycles. The zero-order chi connectivity index (χ0) is 17.4. The number of methoxy groups -OCH3 is 1. The third-order valence-electron chi connectivity index (χ3n) is 5.04. The maximum absolute atomic E-state index is 5.45. The molecule has 4 heteroatoms. The highest BCUT2D eigenvalue weighted by molar-refractivity contribution is 5.91. The summed E-state index contributed by atoms with van der Waals surface area (Å²) in [4.78, 5) is 6.50. The summed E-state index contributed by atoms with van der Waals surface area (Å²) in [7, 11) is 3.91. The molecule has 1 aromatic carbocycles. The number of fused-ring (bicyclic) bond motifs is 3. The summed E-state index contributed by atoms with van der Waals surface area (Å²) in [6.45, 7) is 4.22. The highest BCUT2D eigenvalue weighted by Crippen LogP contribution is 2.34. The first-order valence-electron chi connectivity index (χ1n) is 8.64. The third-order valence-corrected chi connectivity index (χ3v) is 5.04. The number of pyridine rings is 1. The highest BCUT2D eigenvalue weighted by atomic mass is 16.5. The minimum Gasteiger partial charge on any atom is -0.497 e. The molecule has 1 aliphatic rings. The van der Waals surface area contributed by atoms with Gasteiger partial charge in [0.25, 0.3) is 0 Å². The van der Waals surface area contributed by atoms with Crippen molar-refractivity contribution >= 4 is 22.7 Å². The Morgan fingerprint density at radius 3 is 2.76 bits per heavy atom. The normalized spacial score (nSPS) is 15.4. The van der Waals surface area contributed by atoms with Gasteiger partial charge in [-0.15, -0.1) is 0 Å². The predicted octanol–water partition coefficient (Wildman–Crippen LogP) is 4.05. The highest BCUT2D eigenvalue weighted by Gasteiger charge is 2.22. The molecular formula is C21H23N3O. The molecule has 0 N–H and O–H groups in total. The Hall–Kier alpha value is -2.59. The molecule has 0 fully saturated rings. The minimum atomic E-state index is 0.913. The van der Waals surface area contributed by atoms with Crippen molar-refractivity contribution in [1.82, 2.24) is 14.5 Å². The number of nitrogens with zero attached hydrogens (tertiary/aromatic N) is 3. The minimum absolute atomic E-state index is 0.913. The van der Waals surface area contributed by atoms with Crippen LogP contribution in [0.15, 0.2) is 42.7 Å². The van der Waals surface area contributed by atoms with Crippen LogP contribution in [-0.2, 0) is 13.0 Å². The van der Waals surface area contributed by atoms with Crippen molar-refractivity contribution in [3.8, 4) is 5.75 Å². The summed E-state index contributed by atoms with van der Waals surface area (Å²) in [5.74, 6) is 0.913. The van der Waals surface area contributed by atoms with Gasteiger partial charge in [-0.1, -0.05) is 0 Å². The Labute approximate surface area is 148 Å².